The van der Waals surface area contributed by atoms with Gasteiger partial charge in [-0.15, -0.1) is 0 Å². The zero-order valence-electron chi connectivity index (χ0n) is 22.8. The van der Waals surface area contributed by atoms with Gasteiger partial charge in [0, 0.05) is 0 Å². The van der Waals surface area contributed by atoms with Crippen LogP contribution in [0, 0.1) is 5.92 Å². The Labute approximate surface area is 213 Å². The van der Waals surface area contributed by atoms with Crippen molar-refractivity contribution >= 4 is 23.8 Å². The number of imidazole rings is 1. The smallest absolute Gasteiger partial charge is 0.329 e. The van der Waals surface area contributed by atoms with E-state index in [1.807, 2.05) is 13.8 Å². The maximum absolute atomic E-state index is 13.0. The number of carbonyl (C=O) groups is 4. The summed E-state index contributed by atoms with van der Waals surface area (Å²) in [5.41, 5.74) is 3.76. The van der Waals surface area contributed by atoms with E-state index in [4.69, 9.17) is 15.2 Å². The van der Waals surface area contributed by atoms with Crippen molar-refractivity contribution < 1.29 is 28.7 Å². The number of ether oxygens (including phenoxy) is 2. The highest BCUT2D eigenvalue weighted by atomic mass is 16.6. The molecule has 1 heterocycles. The van der Waals surface area contributed by atoms with Crippen molar-refractivity contribution in [3.05, 3.63) is 17.7 Å². The van der Waals surface area contributed by atoms with Crippen LogP contribution < -0.4 is 16.4 Å². The molecule has 2 amide bonds. The molecule has 5 N–H and O–H groups in total. The van der Waals surface area contributed by atoms with Gasteiger partial charge < -0.3 is 30.8 Å². The molecule has 0 radical (unpaired) electrons. The lowest BCUT2D eigenvalue weighted by atomic mass is 10.0. The van der Waals surface area contributed by atoms with Gasteiger partial charge in [0.1, 0.15) is 29.0 Å². The number of unbranched alkanes of at least 4 members (excludes halogenated alkanes) is 1. The van der Waals surface area contributed by atoms with Crippen LogP contribution in [0.1, 0.15) is 102 Å². The summed E-state index contributed by atoms with van der Waals surface area (Å²) in [6, 6.07) is -1.85. The number of amides is 2. The van der Waals surface area contributed by atoms with Crippen molar-refractivity contribution in [2.75, 3.05) is 6.54 Å². The van der Waals surface area contributed by atoms with Gasteiger partial charge in [-0.25, -0.2) is 14.6 Å². The average Bonchev–Trinajstić information content (AvgIpc) is 3.20. The summed E-state index contributed by atoms with van der Waals surface area (Å²) in [6.45, 7) is 14.7. The van der Waals surface area contributed by atoms with Gasteiger partial charge in [0.15, 0.2) is 5.69 Å². The van der Waals surface area contributed by atoms with Crippen LogP contribution in [0.5, 0.6) is 0 Å². The maximum Gasteiger partial charge on any atom is 0.329 e. The minimum absolute atomic E-state index is 0.0906. The van der Waals surface area contributed by atoms with Crippen LogP contribution in [0.15, 0.2) is 6.33 Å². The predicted octanol–water partition coefficient (Wildman–Crippen LogP) is 2.47. The zero-order chi connectivity index (χ0) is 27.7. The Kier molecular flexibility index (Phi) is 11.6. The number of aromatic nitrogens is 2. The Morgan fingerprint density at radius 3 is 1.94 bits per heavy atom. The van der Waals surface area contributed by atoms with Crippen LogP contribution in [0.3, 0.4) is 0 Å². The van der Waals surface area contributed by atoms with Crippen LogP contribution in [-0.2, 0) is 19.1 Å². The Morgan fingerprint density at radius 2 is 1.44 bits per heavy atom. The second-order valence-corrected chi connectivity index (χ2v) is 11.2. The third-order valence-corrected chi connectivity index (χ3v) is 4.73. The molecule has 1 aromatic heterocycles. The molecule has 0 aliphatic heterocycles. The molecule has 0 fully saturated rings. The predicted molar refractivity (Wildman–Crippen MR) is 135 cm³/mol. The molecule has 0 unspecified atom stereocenters. The maximum atomic E-state index is 13.0. The summed E-state index contributed by atoms with van der Waals surface area (Å²) in [5, 5.41) is 5.27. The molecule has 0 aliphatic carbocycles. The lowest BCUT2D eigenvalue weighted by molar-refractivity contribution is -0.158. The summed E-state index contributed by atoms with van der Waals surface area (Å²) < 4.78 is 10.9. The molecule has 1 rings (SSSR count). The number of nitrogens with two attached hydrogens (primary N) is 1. The Morgan fingerprint density at radius 1 is 0.917 bits per heavy atom. The quantitative estimate of drug-likeness (QED) is 0.246. The SMILES string of the molecule is CC(C)C[C@H](NC(=O)c1nc[nH]c1C(=O)N[C@@H](CCCCN)C(=O)OC(C)(C)C)C(=O)OC(C)(C)C. The normalized spacial score (nSPS) is 13.6. The minimum atomic E-state index is -0.932. The van der Waals surface area contributed by atoms with E-state index in [1.165, 1.54) is 6.33 Å². The minimum Gasteiger partial charge on any atom is -0.458 e. The molecule has 0 spiro atoms. The number of nitrogens with one attached hydrogen (secondary N) is 3. The third kappa shape index (κ3) is 11.2. The summed E-state index contributed by atoms with van der Waals surface area (Å²) in [5.74, 6) is -2.47. The lowest BCUT2D eigenvalue weighted by Gasteiger charge is -2.25. The number of aromatic amines is 1. The van der Waals surface area contributed by atoms with Crippen molar-refractivity contribution in [2.24, 2.45) is 11.7 Å². The lowest BCUT2D eigenvalue weighted by Crippen LogP contribution is -2.46. The molecule has 1 aromatic rings. The van der Waals surface area contributed by atoms with E-state index in [2.05, 4.69) is 20.6 Å². The number of hydrogen-bond donors (Lipinski definition) is 4. The number of H-pyrrole nitrogens is 1. The van der Waals surface area contributed by atoms with Crippen LogP contribution in [-0.4, -0.2) is 63.6 Å². The molecule has 0 saturated heterocycles. The van der Waals surface area contributed by atoms with E-state index in [1.54, 1.807) is 41.5 Å². The summed E-state index contributed by atoms with van der Waals surface area (Å²) in [7, 11) is 0. The van der Waals surface area contributed by atoms with Crippen LogP contribution in [0.25, 0.3) is 0 Å². The van der Waals surface area contributed by atoms with Crippen molar-refractivity contribution in [1.82, 2.24) is 20.6 Å². The first-order valence-electron chi connectivity index (χ1n) is 12.3. The van der Waals surface area contributed by atoms with E-state index in [9.17, 15) is 19.2 Å². The molecule has 36 heavy (non-hydrogen) atoms. The molecule has 0 bridgehead atoms. The largest absolute Gasteiger partial charge is 0.458 e. The van der Waals surface area contributed by atoms with Gasteiger partial charge in [-0.2, -0.15) is 0 Å². The third-order valence-electron chi connectivity index (χ3n) is 4.73. The standard InChI is InChI=1S/C25H43N5O6/c1-15(2)13-17(23(34)36-25(6,7)8)30-21(32)19-18(27-14-28-19)20(31)29-16(11-9-10-12-26)22(33)35-24(3,4)5/h14-17H,9-13,26H2,1-8H3,(H,27,28)(H,29,31)(H,30,32)/t16-,17-/m0/s1. The first kappa shape index (κ1) is 31.1. The average molecular weight is 510 g/mol. The molecule has 2 atom stereocenters. The van der Waals surface area contributed by atoms with Gasteiger partial charge in [0.05, 0.1) is 6.33 Å². The fourth-order valence-corrected chi connectivity index (χ4v) is 3.27. The zero-order valence-corrected chi connectivity index (χ0v) is 22.8. The fourth-order valence-electron chi connectivity index (χ4n) is 3.27. The number of esters is 2. The monoisotopic (exact) mass is 509 g/mol. The van der Waals surface area contributed by atoms with Gasteiger partial charge in [-0.05, 0) is 79.7 Å². The molecule has 204 valence electrons. The number of rotatable bonds is 12. The highest BCUT2D eigenvalue weighted by Gasteiger charge is 2.32. The summed E-state index contributed by atoms with van der Waals surface area (Å²) in [6.07, 6.45) is 3.14. The summed E-state index contributed by atoms with van der Waals surface area (Å²) in [4.78, 5) is 58.1. The molecular weight excluding hydrogens is 466 g/mol. The molecule has 0 aromatic carbocycles. The topological polar surface area (TPSA) is 165 Å². The number of nitrogens with zero attached hydrogens (tertiary/aromatic N) is 1. The van der Waals surface area contributed by atoms with E-state index >= 15 is 0 Å². The molecular formula is C25H43N5O6. The van der Waals surface area contributed by atoms with Crippen LogP contribution in [0.4, 0.5) is 0 Å². The fraction of sp³-hybridized carbons (Fsp3) is 0.720. The number of carbonyl (C=O) groups excluding carboxylic acids is 4. The van der Waals surface area contributed by atoms with E-state index in [0.717, 1.165) is 0 Å². The Bertz CT molecular complexity index is 897. The highest BCUT2D eigenvalue weighted by Crippen LogP contribution is 2.15. The number of hydrogen-bond acceptors (Lipinski definition) is 8. The van der Waals surface area contributed by atoms with Gasteiger partial charge in [-0.1, -0.05) is 13.8 Å². The van der Waals surface area contributed by atoms with Crippen LogP contribution >= 0.6 is 0 Å². The highest BCUT2D eigenvalue weighted by molar-refractivity contribution is 6.06. The van der Waals surface area contributed by atoms with Crippen molar-refractivity contribution in [1.29, 1.82) is 0 Å². The first-order valence-corrected chi connectivity index (χ1v) is 12.3. The van der Waals surface area contributed by atoms with Gasteiger partial charge in [-0.3, -0.25) is 9.59 Å². The van der Waals surface area contributed by atoms with Gasteiger partial charge in [0.25, 0.3) is 11.8 Å². The first-order chi connectivity index (χ1) is 16.5. The second kappa shape index (κ2) is 13.4. The van der Waals surface area contributed by atoms with E-state index in [-0.39, 0.29) is 17.3 Å². The van der Waals surface area contributed by atoms with Crippen molar-refractivity contribution in [3.63, 3.8) is 0 Å². The summed E-state index contributed by atoms with van der Waals surface area (Å²) >= 11 is 0. The van der Waals surface area contributed by atoms with Crippen molar-refractivity contribution in [3.8, 4) is 0 Å². The Hall–Kier alpha value is -2.95. The van der Waals surface area contributed by atoms with Crippen LogP contribution in [0.2, 0.25) is 0 Å². The van der Waals surface area contributed by atoms with E-state index < -0.39 is 47.0 Å². The molecule has 0 aliphatic rings. The second-order valence-electron chi connectivity index (χ2n) is 11.2. The molecule has 11 nitrogen and oxygen atoms in total. The van der Waals surface area contributed by atoms with Gasteiger partial charge in [0.2, 0.25) is 0 Å². The van der Waals surface area contributed by atoms with Gasteiger partial charge >= 0.3 is 11.9 Å². The van der Waals surface area contributed by atoms with Crippen molar-refractivity contribution in [2.45, 2.75) is 104 Å². The molecule has 0 saturated carbocycles. The van der Waals surface area contributed by atoms with E-state index in [0.29, 0.717) is 32.2 Å². The molecule has 11 heteroatoms. The Balaban J connectivity index is 3.06.